The highest BCUT2D eigenvalue weighted by Gasteiger charge is 2.28. The van der Waals surface area contributed by atoms with E-state index in [2.05, 4.69) is 23.8 Å². The van der Waals surface area contributed by atoms with Gasteiger partial charge < -0.3 is 5.11 Å². The predicted octanol–water partition coefficient (Wildman–Crippen LogP) is 1.18. The fraction of sp³-hybridized carbons (Fsp3) is 0.636. The zero-order valence-corrected chi connectivity index (χ0v) is 9.90. The fourth-order valence-corrected chi connectivity index (χ4v) is 2.14. The summed E-state index contributed by atoms with van der Waals surface area (Å²) in [5, 5.41) is 13.6. The number of hydrogen-bond donors (Lipinski definition) is 1. The maximum absolute atomic E-state index is 11.3. The van der Waals surface area contributed by atoms with E-state index in [9.17, 15) is 9.90 Å². The molecule has 0 saturated heterocycles. The average Bonchev–Trinajstić information content (AvgIpc) is 2.57. The third kappa shape index (κ3) is 1.82. The summed E-state index contributed by atoms with van der Waals surface area (Å²) in [6.45, 7) is 6.23. The molecule has 1 aliphatic heterocycles. The van der Waals surface area contributed by atoms with Crippen molar-refractivity contribution in [3.8, 4) is 0 Å². The first-order chi connectivity index (χ1) is 7.49. The summed E-state index contributed by atoms with van der Waals surface area (Å²) in [6, 6.07) is 0. The number of fused-ring (bicyclic) bond motifs is 1. The van der Waals surface area contributed by atoms with Crippen LogP contribution in [0.15, 0.2) is 0 Å². The van der Waals surface area contributed by atoms with Gasteiger partial charge in [0.25, 0.3) is 0 Å². The van der Waals surface area contributed by atoms with Crippen LogP contribution in [0.5, 0.6) is 0 Å². The molecule has 0 saturated carbocycles. The minimum atomic E-state index is -0.871. The molecule has 1 N–H and O–H groups in total. The normalized spacial score (nSPS) is 15.8. The van der Waals surface area contributed by atoms with Crippen molar-refractivity contribution in [1.29, 1.82) is 0 Å². The molecule has 16 heavy (non-hydrogen) atoms. The van der Waals surface area contributed by atoms with Gasteiger partial charge in [0, 0.05) is 25.2 Å². The Bertz CT molecular complexity index is 423. The molecular weight excluding hydrogens is 206 g/mol. The number of aromatic carboxylic acids is 1. The molecule has 1 aliphatic rings. The summed E-state index contributed by atoms with van der Waals surface area (Å²) in [6.07, 6.45) is 0. The minimum absolute atomic E-state index is 0.369. The monoisotopic (exact) mass is 223 g/mol. The predicted molar refractivity (Wildman–Crippen MR) is 59.2 cm³/mol. The standard InChI is InChI=1S/C11H17N3O2/c1-7(2)4-14-10(11(15)16)8-5-13(3)6-9(8)12-14/h7H,4-6H2,1-3H3,(H,15,16). The first kappa shape index (κ1) is 11.1. The summed E-state index contributed by atoms with van der Waals surface area (Å²) in [5.41, 5.74) is 2.17. The molecule has 2 rings (SSSR count). The van der Waals surface area contributed by atoms with Gasteiger partial charge in [-0.05, 0) is 13.0 Å². The van der Waals surface area contributed by atoms with Gasteiger partial charge in [-0.1, -0.05) is 13.8 Å². The molecule has 0 radical (unpaired) electrons. The van der Waals surface area contributed by atoms with Gasteiger partial charge >= 0.3 is 5.97 Å². The van der Waals surface area contributed by atoms with Gasteiger partial charge in [-0.2, -0.15) is 5.10 Å². The summed E-state index contributed by atoms with van der Waals surface area (Å²) < 4.78 is 1.64. The second-order valence-corrected chi connectivity index (χ2v) is 4.83. The van der Waals surface area contributed by atoms with E-state index in [1.807, 2.05) is 7.05 Å². The molecule has 0 spiro atoms. The van der Waals surface area contributed by atoms with E-state index in [-0.39, 0.29) is 0 Å². The van der Waals surface area contributed by atoms with Crippen LogP contribution in [0.4, 0.5) is 0 Å². The highest BCUT2D eigenvalue weighted by atomic mass is 16.4. The topological polar surface area (TPSA) is 58.4 Å². The van der Waals surface area contributed by atoms with Crippen LogP contribution < -0.4 is 0 Å². The zero-order chi connectivity index (χ0) is 11.9. The van der Waals surface area contributed by atoms with Crippen molar-refractivity contribution < 1.29 is 9.90 Å². The lowest BCUT2D eigenvalue weighted by Crippen LogP contribution is -2.18. The Morgan fingerprint density at radius 3 is 2.75 bits per heavy atom. The second kappa shape index (κ2) is 3.90. The Morgan fingerprint density at radius 1 is 1.50 bits per heavy atom. The minimum Gasteiger partial charge on any atom is -0.477 e. The molecule has 0 amide bonds. The third-order valence-electron chi connectivity index (χ3n) is 2.72. The van der Waals surface area contributed by atoms with Crippen molar-refractivity contribution in [3.05, 3.63) is 17.0 Å². The highest BCUT2D eigenvalue weighted by molar-refractivity contribution is 5.88. The van der Waals surface area contributed by atoms with Crippen molar-refractivity contribution in [1.82, 2.24) is 14.7 Å². The molecule has 0 unspecified atom stereocenters. The number of carbonyl (C=O) groups is 1. The molecule has 1 aromatic heterocycles. The Hall–Kier alpha value is -1.36. The average molecular weight is 223 g/mol. The van der Waals surface area contributed by atoms with Crippen molar-refractivity contribution >= 4 is 5.97 Å². The number of aromatic nitrogens is 2. The summed E-state index contributed by atoms with van der Waals surface area (Å²) in [7, 11) is 1.97. The van der Waals surface area contributed by atoms with Crippen LogP contribution in [0.25, 0.3) is 0 Å². The third-order valence-corrected chi connectivity index (χ3v) is 2.72. The van der Waals surface area contributed by atoms with Crippen LogP contribution in [0.3, 0.4) is 0 Å². The molecular formula is C11H17N3O2. The van der Waals surface area contributed by atoms with Crippen LogP contribution in [-0.2, 0) is 19.6 Å². The lowest BCUT2D eigenvalue weighted by Gasteiger charge is -2.11. The van der Waals surface area contributed by atoms with E-state index in [0.29, 0.717) is 24.7 Å². The summed E-state index contributed by atoms with van der Waals surface area (Å²) >= 11 is 0. The van der Waals surface area contributed by atoms with E-state index in [1.165, 1.54) is 0 Å². The highest BCUT2D eigenvalue weighted by Crippen LogP contribution is 2.24. The molecule has 88 valence electrons. The molecule has 0 aromatic carbocycles. The molecule has 0 bridgehead atoms. The van der Waals surface area contributed by atoms with Crippen LogP contribution >= 0.6 is 0 Å². The Morgan fingerprint density at radius 2 is 2.19 bits per heavy atom. The van der Waals surface area contributed by atoms with Crippen molar-refractivity contribution in [2.75, 3.05) is 7.05 Å². The Balaban J connectivity index is 2.41. The summed E-state index contributed by atoms with van der Waals surface area (Å²) in [5.74, 6) is -0.472. The smallest absolute Gasteiger partial charge is 0.354 e. The molecule has 0 fully saturated rings. The van der Waals surface area contributed by atoms with Crippen LogP contribution in [0.1, 0.15) is 35.6 Å². The van der Waals surface area contributed by atoms with Gasteiger partial charge in [0.05, 0.1) is 5.69 Å². The number of carboxylic acids is 1. The fourth-order valence-electron chi connectivity index (χ4n) is 2.14. The molecule has 5 heteroatoms. The van der Waals surface area contributed by atoms with Crippen LogP contribution in [0.2, 0.25) is 0 Å². The van der Waals surface area contributed by atoms with E-state index in [4.69, 9.17) is 0 Å². The van der Waals surface area contributed by atoms with Crippen molar-refractivity contribution in [2.24, 2.45) is 5.92 Å². The first-order valence-corrected chi connectivity index (χ1v) is 5.49. The largest absolute Gasteiger partial charge is 0.477 e. The molecule has 0 aliphatic carbocycles. The number of carboxylic acid groups (broad SMARTS) is 1. The lowest BCUT2D eigenvalue weighted by molar-refractivity contribution is 0.0680. The maximum Gasteiger partial charge on any atom is 0.354 e. The van der Waals surface area contributed by atoms with Gasteiger partial charge in [-0.15, -0.1) is 0 Å². The van der Waals surface area contributed by atoms with Crippen LogP contribution in [-0.4, -0.2) is 32.8 Å². The van der Waals surface area contributed by atoms with Crippen molar-refractivity contribution in [3.63, 3.8) is 0 Å². The molecule has 1 aromatic rings. The quantitative estimate of drug-likeness (QED) is 0.836. The summed E-state index contributed by atoms with van der Waals surface area (Å²) in [4.78, 5) is 13.3. The molecule has 5 nitrogen and oxygen atoms in total. The van der Waals surface area contributed by atoms with Gasteiger partial charge in [0.1, 0.15) is 0 Å². The van der Waals surface area contributed by atoms with Gasteiger partial charge in [-0.3, -0.25) is 9.58 Å². The number of nitrogens with zero attached hydrogens (tertiary/aromatic N) is 3. The van der Waals surface area contributed by atoms with E-state index < -0.39 is 5.97 Å². The van der Waals surface area contributed by atoms with Crippen LogP contribution in [0, 0.1) is 5.92 Å². The van der Waals surface area contributed by atoms with E-state index in [1.54, 1.807) is 4.68 Å². The van der Waals surface area contributed by atoms with Gasteiger partial charge in [0.15, 0.2) is 5.69 Å². The van der Waals surface area contributed by atoms with E-state index in [0.717, 1.165) is 17.8 Å². The number of hydrogen-bond acceptors (Lipinski definition) is 3. The SMILES string of the molecule is CC(C)Cn1nc2c(c1C(=O)O)CN(C)C2. The van der Waals surface area contributed by atoms with Crippen molar-refractivity contribution in [2.45, 2.75) is 33.5 Å². The maximum atomic E-state index is 11.3. The van der Waals surface area contributed by atoms with Gasteiger partial charge in [0.2, 0.25) is 0 Å². The zero-order valence-electron chi connectivity index (χ0n) is 9.90. The first-order valence-electron chi connectivity index (χ1n) is 5.49. The number of rotatable bonds is 3. The second-order valence-electron chi connectivity index (χ2n) is 4.83. The van der Waals surface area contributed by atoms with E-state index >= 15 is 0 Å². The Kier molecular flexibility index (Phi) is 2.71. The lowest BCUT2D eigenvalue weighted by atomic mass is 10.2. The molecule has 0 atom stereocenters. The van der Waals surface area contributed by atoms with Gasteiger partial charge in [-0.25, -0.2) is 4.79 Å². The molecule has 2 heterocycles. The Labute approximate surface area is 94.7 Å².